The van der Waals surface area contributed by atoms with E-state index in [0.29, 0.717) is 6.04 Å². The molecule has 19 heavy (non-hydrogen) atoms. The summed E-state index contributed by atoms with van der Waals surface area (Å²) in [5.41, 5.74) is 6.79. The Kier molecular flexibility index (Phi) is 5.54. The zero-order valence-corrected chi connectivity index (χ0v) is 11.8. The molecule has 0 saturated carbocycles. The molecule has 0 atom stereocenters. The van der Waals surface area contributed by atoms with Crippen molar-refractivity contribution < 1.29 is 0 Å². The van der Waals surface area contributed by atoms with Crippen molar-refractivity contribution in [1.29, 1.82) is 0 Å². The molecule has 1 saturated heterocycles. The fraction of sp³-hybridized carbons (Fsp3) is 0.714. The molecule has 5 heteroatoms. The summed E-state index contributed by atoms with van der Waals surface area (Å²) in [6, 6.07) is 0.492. The topological polar surface area (TPSA) is 67.1 Å². The Hall–Kier alpha value is -1.20. The Balaban J connectivity index is 1.78. The van der Waals surface area contributed by atoms with Crippen molar-refractivity contribution in [3.05, 3.63) is 18.0 Å². The first-order chi connectivity index (χ1) is 9.31. The van der Waals surface area contributed by atoms with Crippen LogP contribution in [-0.2, 0) is 6.42 Å². The number of nitrogens with one attached hydrogen (secondary N) is 1. The number of hydrogen-bond acceptors (Lipinski definition) is 5. The van der Waals surface area contributed by atoms with E-state index in [-0.39, 0.29) is 0 Å². The van der Waals surface area contributed by atoms with Crippen LogP contribution in [0.3, 0.4) is 0 Å². The van der Waals surface area contributed by atoms with Crippen LogP contribution in [0.15, 0.2) is 12.4 Å². The van der Waals surface area contributed by atoms with Gasteiger partial charge in [0.25, 0.3) is 0 Å². The lowest BCUT2D eigenvalue weighted by Crippen LogP contribution is -2.41. The van der Waals surface area contributed by atoms with Gasteiger partial charge in [-0.15, -0.1) is 0 Å². The molecular weight excluding hydrogens is 238 g/mol. The molecule has 0 aromatic carbocycles. The highest BCUT2D eigenvalue weighted by molar-refractivity contribution is 5.26. The number of likely N-dealkylation sites (tertiary alicyclic amines) is 1. The van der Waals surface area contributed by atoms with Crippen LogP contribution in [0.4, 0.5) is 5.95 Å². The zero-order valence-electron chi connectivity index (χ0n) is 11.8. The van der Waals surface area contributed by atoms with Crippen molar-refractivity contribution >= 4 is 5.95 Å². The number of aromatic nitrogens is 2. The summed E-state index contributed by atoms with van der Waals surface area (Å²) in [5, 5.41) is 3.43. The van der Waals surface area contributed by atoms with Gasteiger partial charge in [0.05, 0.1) is 0 Å². The molecule has 1 aliphatic heterocycles. The third kappa shape index (κ3) is 4.44. The molecule has 1 fully saturated rings. The molecule has 0 spiro atoms. The number of rotatable bonds is 6. The summed E-state index contributed by atoms with van der Waals surface area (Å²) in [6.07, 6.45) is 8.33. The van der Waals surface area contributed by atoms with Gasteiger partial charge in [0.1, 0.15) is 0 Å². The van der Waals surface area contributed by atoms with Crippen LogP contribution in [0.5, 0.6) is 0 Å². The van der Waals surface area contributed by atoms with Gasteiger partial charge in [-0.3, -0.25) is 0 Å². The summed E-state index contributed by atoms with van der Waals surface area (Å²) in [7, 11) is 0. The fourth-order valence-corrected chi connectivity index (χ4v) is 2.51. The largest absolute Gasteiger partial charge is 0.351 e. The standard InChI is InChI=1S/C14H25N5/c1-2-3-12-10-16-14(17-11-12)18-13-4-7-19(8-5-13)9-6-15/h10-11,13H,2-9,15H2,1H3,(H,16,17,18). The van der Waals surface area contributed by atoms with Gasteiger partial charge in [0, 0.05) is 44.6 Å². The van der Waals surface area contributed by atoms with E-state index in [1.54, 1.807) is 0 Å². The molecule has 106 valence electrons. The molecule has 0 amide bonds. The molecule has 0 unspecified atom stereocenters. The molecule has 2 heterocycles. The summed E-state index contributed by atoms with van der Waals surface area (Å²) in [4.78, 5) is 11.2. The van der Waals surface area contributed by atoms with Gasteiger partial charge in [-0.05, 0) is 24.8 Å². The van der Waals surface area contributed by atoms with Gasteiger partial charge in [-0.1, -0.05) is 13.3 Å². The van der Waals surface area contributed by atoms with E-state index in [2.05, 4.69) is 27.1 Å². The Labute approximate surface area is 115 Å². The lowest BCUT2D eigenvalue weighted by atomic mass is 10.1. The maximum absolute atomic E-state index is 5.58. The van der Waals surface area contributed by atoms with E-state index >= 15 is 0 Å². The number of piperidine rings is 1. The molecule has 1 aliphatic rings. The summed E-state index contributed by atoms with van der Waals surface area (Å²) in [5.74, 6) is 0.761. The van der Waals surface area contributed by atoms with Gasteiger partial charge < -0.3 is 16.0 Å². The minimum atomic E-state index is 0.492. The van der Waals surface area contributed by atoms with E-state index in [1.165, 1.54) is 5.56 Å². The lowest BCUT2D eigenvalue weighted by molar-refractivity contribution is 0.224. The van der Waals surface area contributed by atoms with Gasteiger partial charge in [-0.2, -0.15) is 0 Å². The molecular formula is C14H25N5. The van der Waals surface area contributed by atoms with Crippen LogP contribution >= 0.6 is 0 Å². The third-order valence-electron chi connectivity index (χ3n) is 3.61. The van der Waals surface area contributed by atoms with Crippen molar-refractivity contribution in [2.24, 2.45) is 5.73 Å². The van der Waals surface area contributed by atoms with Crippen LogP contribution in [0.1, 0.15) is 31.7 Å². The number of anilines is 1. The van der Waals surface area contributed by atoms with E-state index in [4.69, 9.17) is 5.73 Å². The van der Waals surface area contributed by atoms with Gasteiger partial charge in [0.2, 0.25) is 5.95 Å². The Morgan fingerprint density at radius 1 is 1.32 bits per heavy atom. The maximum atomic E-state index is 5.58. The minimum absolute atomic E-state index is 0.492. The second-order valence-electron chi connectivity index (χ2n) is 5.21. The van der Waals surface area contributed by atoms with Gasteiger partial charge in [-0.25, -0.2) is 9.97 Å². The zero-order chi connectivity index (χ0) is 13.5. The van der Waals surface area contributed by atoms with Crippen LogP contribution < -0.4 is 11.1 Å². The highest BCUT2D eigenvalue weighted by Gasteiger charge is 2.18. The fourth-order valence-electron chi connectivity index (χ4n) is 2.51. The van der Waals surface area contributed by atoms with Crippen molar-refractivity contribution in [2.45, 2.75) is 38.6 Å². The van der Waals surface area contributed by atoms with E-state index in [9.17, 15) is 0 Å². The average molecular weight is 263 g/mol. The summed E-state index contributed by atoms with van der Waals surface area (Å²) >= 11 is 0. The van der Waals surface area contributed by atoms with Crippen molar-refractivity contribution in [3.63, 3.8) is 0 Å². The minimum Gasteiger partial charge on any atom is -0.351 e. The normalized spacial score (nSPS) is 17.6. The first-order valence-electron chi connectivity index (χ1n) is 7.31. The number of nitrogens with two attached hydrogens (primary N) is 1. The van der Waals surface area contributed by atoms with Crippen LogP contribution in [0.2, 0.25) is 0 Å². The number of aryl methyl sites for hydroxylation is 1. The first kappa shape index (κ1) is 14.2. The van der Waals surface area contributed by atoms with Crippen molar-refractivity contribution in [3.8, 4) is 0 Å². The molecule has 1 aromatic heterocycles. The first-order valence-corrected chi connectivity index (χ1v) is 7.31. The molecule has 0 aliphatic carbocycles. The quantitative estimate of drug-likeness (QED) is 0.809. The molecule has 3 N–H and O–H groups in total. The van der Waals surface area contributed by atoms with E-state index in [1.807, 2.05) is 12.4 Å². The third-order valence-corrected chi connectivity index (χ3v) is 3.61. The van der Waals surface area contributed by atoms with E-state index in [0.717, 1.165) is 57.8 Å². The molecule has 5 nitrogen and oxygen atoms in total. The molecule has 0 bridgehead atoms. The highest BCUT2D eigenvalue weighted by Crippen LogP contribution is 2.13. The highest BCUT2D eigenvalue weighted by atomic mass is 15.2. The smallest absolute Gasteiger partial charge is 0.222 e. The molecule has 1 aromatic rings. The Morgan fingerprint density at radius 3 is 2.58 bits per heavy atom. The number of nitrogens with zero attached hydrogens (tertiary/aromatic N) is 3. The second-order valence-corrected chi connectivity index (χ2v) is 5.21. The predicted octanol–water partition coefficient (Wildman–Crippen LogP) is 1.26. The van der Waals surface area contributed by atoms with Crippen molar-refractivity contribution in [1.82, 2.24) is 14.9 Å². The molecule has 0 radical (unpaired) electrons. The monoisotopic (exact) mass is 263 g/mol. The molecule has 2 rings (SSSR count). The van der Waals surface area contributed by atoms with E-state index < -0.39 is 0 Å². The second kappa shape index (κ2) is 7.40. The Bertz CT molecular complexity index is 357. The Morgan fingerprint density at radius 2 is 2.00 bits per heavy atom. The van der Waals surface area contributed by atoms with Gasteiger partial charge >= 0.3 is 0 Å². The average Bonchev–Trinajstić information content (AvgIpc) is 2.44. The number of hydrogen-bond donors (Lipinski definition) is 2. The van der Waals surface area contributed by atoms with Crippen LogP contribution in [-0.4, -0.2) is 47.1 Å². The lowest BCUT2D eigenvalue weighted by Gasteiger charge is -2.31. The van der Waals surface area contributed by atoms with Crippen LogP contribution in [0.25, 0.3) is 0 Å². The predicted molar refractivity (Wildman–Crippen MR) is 78.2 cm³/mol. The summed E-state index contributed by atoms with van der Waals surface area (Å²) < 4.78 is 0. The summed E-state index contributed by atoms with van der Waals surface area (Å²) in [6.45, 7) is 6.15. The van der Waals surface area contributed by atoms with Crippen LogP contribution in [0, 0.1) is 0 Å². The van der Waals surface area contributed by atoms with Crippen molar-refractivity contribution in [2.75, 3.05) is 31.5 Å². The maximum Gasteiger partial charge on any atom is 0.222 e. The SMILES string of the molecule is CCCc1cnc(NC2CCN(CCN)CC2)nc1. The van der Waals surface area contributed by atoms with Gasteiger partial charge in [0.15, 0.2) is 0 Å².